The van der Waals surface area contributed by atoms with Gasteiger partial charge in [0.15, 0.2) is 5.82 Å². The second kappa shape index (κ2) is 12.2. The van der Waals surface area contributed by atoms with Crippen LogP contribution in [-0.4, -0.2) is 9.97 Å². The van der Waals surface area contributed by atoms with Gasteiger partial charge in [-0.3, -0.25) is 0 Å². The molecule has 2 atom stereocenters. The van der Waals surface area contributed by atoms with Gasteiger partial charge in [0, 0.05) is 33.6 Å². The molecule has 0 N–H and O–H groups in total. The molecule has 2 unspecified atom stereocenters. The molecule has 7 aromatic rings. The molecule has 0 saturated carbocycles. The second-order valence-corrected chi connectivity index (χ2v) is 14.7. The topological polar surface area (TPSA) is 35.0 Å². The molecule has 4 aliphatic rings. The van der Waals surface area contributed by atoms with E-state index in [0.29, 0.717) is 0 Å². The molecule has 0 bridgehead atoms. The largest absolute Gasteiger partial charge is 0.457 e. The number of para-hydroxylation sites is 2. The van der Waals surface area contributed by atoms with Crippen molar-refractivity contribution >= 4 is 22.0 Å². The smallest absolute Gasteiger partial charge is 0.160 e. The van der Waals surface area contributed by atoms with Crippen LogP contribution in [0.15, 0.2) is 182 Å². The van der Waals surface area contributed by atoms with Crippen LogP contribution in [-0.2, 0) is 5.41 Å². The van der Waals surface area contributed by atoms with E-state index in [9.17, 15) is 0 Å². The minimum atomic E-state index is -0.364. The van der Waals surface area contributed by atoms with Crippen molar-refractivity contribution in [1.82, 2.24) is 9.97 Å². The van der Waals surface area contributed by atoms with Gasteiger partial charge < -0.3 is 4.74 Å². The molecule has 1 aromatic heterocycles. The Balaban J connectivity index is 0.953. The lowest BCUT2D eigenvalue weighted by Crippen LogP contribution is -2.33. The maximum atomic E-state index is 6.82. The highest BCUT2D eigenvalue weighted by molar-refractivity contribution is 5.94. The van der Waals surface area contributed by atoms with Gasteiger partial charge in [-0.25, -0.2) is 9.97 Å². The molecule has 11 rings (SSSR count). The van der Waals surface area contributed by atoms with Crippen LogP contribution in [0.2, 0.25) is 0 Å². The quantitative estimate of drug-likeness (QED) is 0.184. The summed E-state index contributed by atoms with van der Waals surface area (Å²) in [4.78, 5) is 10.1. The van der Waals surface area contributed by atoms with E-state index in [4.69, 9.17) is 14.7 Å². The van der Waals surface area contributed by atoms with Gasteiger partial charge >= 0.3 is 0 Å². The highest BCUT2D eigenvalue weighted by Crippen LogP contribution is 2.63. The Bertz CT molecular complexity index is 2770. The van der Waals surface area contributed by atoms with E-state index in [1.165, 1.54) is 50.1 Å². The Hall–Kier alpha value is -6.58. The lowest BCUT2D eigenvalue weighted by molar-refractivity contribution is 0.431. The minimum absolute atomic E-state index is 0.254. The lowest BCUT2D eigenvalue weighted by atomic mass is 9.64. The normalized spacial score (nSPS) is 19.2. The maximum Gasteiger partial charge on any atom is 0.160 e. The second-order valence-electron chi connectivity index (χ2n) is 14.7. The standard InChI is InChI=1S/C51H36N2O/c1-2-13-34(14-3-1)49-41-19-6-10-23-46(41)52-50(53-49)35-27-25-33(26-28-35)36-15-12-16-37(31-36)38-29-30-45-48(32-38)54-47-24-11-9-22-44(47)51(45)42-20-7-4-17-39(42)40-18-5-8-21-43(40)51/h1-7,9-14,16-20,22-32,36H,8,15,21H2. The first kappa shape index (κ1) is 31.0. The van der Waals surface area contributed by atoms with Gasteiger partial charge in [0.05, 0.1) is 16.6 Å². The van der Waals surface area contributed by atoms with E-state index < -0.39 is 0 Å². The van der Waals surface area contributed by atoms with Crippen LogP contribution in [0, 0.1) is 0 Å². The van der Waals surface area contributed by atoms with Crippen LogP contribution >= 0.6 is 0 Å². The van der Waals surface area contributed by atoms with Crippen LogP contribution in [0.25, 0.3) is 44.7 Å². The van der Waals surface area contributed by atoms with Gasteiger partial charge in [-0.15, -0.1) is 0 Å². The molecule has 0 amide bonds. The molecule has 6 aromatic carbocycles. The fourth-order valence-electron chi connectivity index (χ4n) is 9.36. The number of hydrogen-bond acceptors (Lipinski definition) is 3. The average Bonchev–Trinajstić information content (AvgIpc) is 3.54. The van der Waals surface area contributed by atoms with E-state index in [1.807, 2.05) is 12.1 Å². The Morgan fingerprint density at radius 1 is 0.593 bits per heavy atom. The average molecular weight is 693 g/mol. The van der Waals surface area contributed by atoms with Crippen molar-refractivity contribution in [2.75, 3.05) is 0 Å². The molecule has 3 nitrogen and oxygen atoms in total. The summed E-state index contributed by atoms with van der Waals surface area (Å²) >= 11 is 0. The molecule has 256 valence electrons. The monoisotopic (exact) mass is 692 g/mol. The molecule has 0 saturated heterocycles. The first-order chi connectivity index (χ1) is 26.8. The summed E-state index contributed by atoms with van der Waals surface area (Å²) < 4.78 is 6.82. The number of aromatic nitrogens is 2. The first-order valence-electron chi connectivity index (χ1n) is 19.0. The van der Waals surface area contributed by atoms with Crippen molar-refractivity contribution in [1.29, 1.82) is 0 Å². The summed E-state index contributed by atoms with van der Waals surface area (Å²) in [6.07, 6.45) is 14.7. The number of ether oxygens (including phenoxy) is 1. The van der Waals surface area contributed by atoms with Gasteiger partial charge in [-0.1, -0.05) is 158 Å². The van der Waals surface area contributed by atoms with Crippen molar-refractivity contribution < 1.29 is 4.74 Å². The molecule has 0 fully saturated rings. The lowest BCUT2D eigenvalue weighted by Gasteiger charge is -2.41. The molecule has 1 spiro atoms. The zero-order chi connectivity index (χ0) is 35.6. The summed E-state index contributed by atoms with van der Waals surface area (Å²) in [7, 11) is 0. The number of nitrogens with zero attached hydrogens (tertiary/aromatic N) is 2. The molecule has 3 heteroatoms. The minimum Gasteiger partial charge on any atom is -0.457 e. The van der Waals surface area contributed by atoms with E-state index >= 15 is 0 Å². The number of benzene rings is 6. The van der Waals surface area contributed by atoms with Gasteiger partial charge in [-0.2, -0.15) is 0 Å². The van der Waals surface area contributed by atoms with Gasteiger partial charge in [0.25, 0.3) is 0 Å². The Labute approximate surface area is 315 Å². The van der Waals surface area contributed by atoms with Crippen LogP contribution < -0.4 is 4.74 Å². The van der Waals surface area contributed by atoms with Crippen molar-refractivity contribution in [2.24, 2.45) is 0 Å². The molecule has 0 radical (unpaired) electrons. The summed E-state index contributed by atoms with van der Waals surface area (Å²) in [5.41, 5.74) is 15.3. The zero-order valence-electron chi connectivity index (χ0n) is 29.7. The van der Waals surface area contributed by atoms with Crippen LogP contribution in [0.4, 0.5) is 0 Å². The molecular formula is C51H36N2O. The van der Waals surface area contributed by atoms with Gasteiger partial charge in [0.2, 0.25) is 0 Å². The third-order valence-corrected chi connectivity index (χ3v) is 11.8. The van der Waals surface area contributed by atoms with Gasteiger partial charge in [-0.05, 0) is 76.4 Å². The van der Waals surface area contributed by atoms with E-state index in [-0.39, 0.29) is 11.3 Å². The number of hydrogen-bond donors (Lipinski definition) is 0. The SMILES string of the molecule is C1=CC2=C(CC1)C1(c3ccccc3Oc3cc(C4=CC(c5ccc(-c6nc(-c7ccccc7)c7ccccc7n6)cc5)CC=C4)ccc31)c1ccccc12. The van der Waals surface area contributed by atoms with E-state index in [0.717, 1.165) is 64.3 Å². The third-order valence-electron chi connectivity index (χ3n) is 11.8. The maximum absolute atomic E-state index is 6.82. The molecular weight excluding hydrogens is 657 g/mol. The predicted octanol–water partition coefficient (Wildman–Crippen LogP) is 12.6. The Morgan fingerprint density at radius 2 is 1.35 bits per heavy atom. The van der Waals surface area contributed by atoms with Gasteiger partial charge in [0.1, 0.15) is 11.5 Å². The van der Waals surface area contributed by atoms with E-state index in [1.54, 1.807) is 0 Å². The van der Waals surface area contributed by atoms with Crippen molar-refractivity contribution in [3.63, 3.8) is 0 Å². The van der Waals surface area contributed by atoms with Crippen molar-refractivity contribution in [3.8, 4) is 34.1 Å². The summed E-state index contributed by atoms with van der Waals surface area (Å²) in [5.74, 6) is 2.88. The molecule has 2 heterocycles. The van der Waals surface area contributed by atoms with Crippen molar-refractivity contribution in [3.05, 3.63) is 215 Å². The number of allylic oxidation sites excluding steroid dienone is 8. The first-order valence-corrected chi connectivity index (χ1v) is 19.0. The Kier molecular flexibility index (Phi) is 7.03. The molecule has 54 heavy (non-hydrogen) atoms. The fourth-order valence-corrected chi connectivity index (χ4v) is 9.36. The van der Waals surface area contributed by atoms with Crippen LogP contribution in [0.1, 0.15) is 58.6 Å². The third kappa shape index (κ3) is 4.68. The summed E-state index contributed by atoms with van der Waals surface area (Å²) in [6.45, 7) is 0. The zero-order valence-corrected chi connectivity index (χ0v) is 29.7. The van der Waals surface area contributed by atoms with Crippen LogP contribution in [0.5, 0.6) is 11.5 Å². The molecule has 1 aliphatic heterocycles. The summed E-state index contributed by atoms with van der Waals surface area (Å²) in [5, 5.41) is 1.06. The number of rotatable bonds is 4. The van der Waals surface area contributed by atoms with Crippen LogP contribution in [0.3, 0.4) is 0 Å². The highest BCUT2D eigenvalue weighted by atomic mass is 16.5. The Morgan fingerprint density at radius 3 is 2.26 bits per heavy atom. The van der Waals surface area contributed by atoms with E-state index in [2.05, 4.69) is 164 Å². The predicted molar refractivity (Wildman–Crippen MR) is 219 cm³/mol. The number of fused-ring (bicyclic) bond motifs is 9. The van der Waals surface area contributed by atoms with Crippen molar-refractivity contribution in [2.45, 2.75) is 30.6 Å². The highest BCUT2D eigenvalue weighted by Gasteiger charge is 2.51. The summed E-state index contributed by atoms with van der Waals surface area (Å²) in [6, 6.07) is 52.0. The molecule has 3 aliphatic carbocycles. The fraction of sp³-hybridized carbons (Fsp3) is 0.0980.